The molecule has 1 atom stereocenters. The molecule has 5 nitrogen and oxygen atoms in total. The fourth-order valence-corrected chi connectivity index (χ4v) is 4.18. The summed E-state index contributed by atoms with van der Waals surface area (Å²) in [6.45, 7) is 1.39. The molecule has 0 radical (unpaired) electrons. The van der Waals surface area contributed by atoms with E-state index in [0.29, 0.717) is 19.1 Å². The maximum absolute atomic E-state index is 6.09. The predicted molar refractivity (Wildman–Crippen MR) is 122 cm³/mol. The molecule has 3 N–H and O–H groups in total. The van der Waals surface area contributed by atoms with E-state index in [1.54, 1.807) is 11.3 Å². The van der Waals surface area contributed by atoms with E-state index in [9.17, 15) is 0 Å². The van der Waals surface area contributed by atoms with Gasteiger partial charge >= 0.3 is 0 Å². The van der Waals surface area contributed by atoms with Crippen molar-refractivity contribution in [2.24, 2.45) is 10.7 Å². The monoisotopic (exact) mass is 494 g/mol. The average molecular weight is 494 g/mol. The zero-order chi connectivity index (χ0) is 17.8. The molecule has 0 amide bonds. The lowest BCUT2D eigenvalue weighted by molar-refractivity contribution is 0.262. The summed E-state index contributed by atoms with van der Waals surface area (Å²) in [4.78, 5) is 9.14. The quantitative estimate of drug-likeness (QED) is 0.241. The molecule has 0 saturated heterocycles. The lowest BCUT2D eigenvalue weighted by Gasteiger charge is -2.26. The molecule has 1 aromatic heterocycles. The zero-order valence-electron chi connectivity index (χ0n) is 14.9. The van der Waals surface area contributed by atoms with E-state index >= 15 is 0 Å². The van der Waals surface area contributed by atoms with Crippen molar-refractivity contribution in [2.45, 2.75) is 25.3 Å². The van der Waals surface area contributed by atoms with E-state index in [4.69, 9.17) is 10.5 Å². The van der Waals surface area contributed by atoms with Crippen LogP contribution in [0.3, 0.4) is 0 Å². The van der Waals surface area contributed by atoms with Gasteiger partial charge in [-0.05, 0) is 24.6 Å². The maximum atomic E-state index is 6.09. The van der Waals surface area contributed by atoms with Crippen molar-refractivity contribution in [3.05, 3.63) is 59.1 Å². The molecule has 0 saturated carbocycles. The Morgan fingerprint density at radius 2 is 2.04 bits per heavy atom. The Morgan fingerprint density at radius 3 is 2.93 bits per heavy atom. The summed E-state index contributed by atoms with van der Waals surface area (Å²) in [6, 6.07) is 16.5. The molecule has 0 fully saturated rings. The van der Waals surface area contributed by atoms with E-state index in [2.05, 4.69) is 39.6 Å². The molecule has 0 bridgehead atoms. The van der Waals surface area contributed by atoms with Crippen LogP contribution in [0.4, 0.5) is 0 Å². The van der Waals surface area contributed by atoms with Crippen molar-refractivity contribution in [3.8, 4) is 5.75 Å². The Hall–Kier alpha value is -1.87. The first-order valence-corrected chi connectivity index (χ1v) is 9.74. The second kappa shape index (κ2) is 9.36. The van der Waals surface area contributed by atoms with Gasteiger partial charge in [-0.3, -0.25) is 4.99 Å². The summed E-state index contributed by atoms with van der Waals surface area (Å²) in [5.74, 6) is 1.43. The normalized spacial score (nSPS) is 16.3. The van der Waals surface area contributed by atoms with E-state index in [0.717, 1.165) is 41.1 Å². The SMILES string of the molecule is I.NC(=NCCCc1nc2ccccc2s1)NC1CCOc2ccccc21. The molecule has 0 aliphatic carbocycles. The fraction of sp³-hybridized carbons (Fsp3) is 0.300. The molecule has 1 aliphatic heterocycles. The largest absolute Gasteiger partial charge is 0.493 e. The Bertz CT molecular complexity index is 894. The van der Waals surface area contributed by atoms with Crippen molar-refractivity contribution in [3.63, 3.8) is 0 Å². The second-order valence-electron chi connectivity index (χ2n) is 6.32. The van der Waals surface area contributed by atoms with Crippen LogP contribution in [0.5, 0.6) is 5.75 Å². The highest BCUT2D eigenvalue weighted by molar-refractivity contribution is 14.0. The number of aromatic nitrogens is 1. The highest BCUT2D eigenvalue weighted by Crippen LogP contribution is 2.31. The number of nitrogens with two attached hydrogens (primary N) is 1. The van der Waals surface area contributed by atoms with Gasteiger partial charge in [0, 0.05) is 24.9 Å². The highest BCUT2D eigenvalue weighted by atomic mass is 127. The van der Waals surface area contributed by atoms with Crippen LogP contribution in [-0.4, -0.2) is 24.1 Å². The van der Waals surface area contributed by atoms with E-state index < -0.39 is 0 Å². The first-order chi connectivity index (χ1) is 12.8. The van der Waals surface area contributed by atoms with Crippen molar-refractivity contribution < 1.29 is 4.74 Å². The molecule has 1 unspecified atom stereocenters. The lowest BCUT2D eigenvalue weighted by Crippen LogP contribution is -2.37. The summed E-state index contributed by atoms with van der Waals surface area (Å²) in [5.41, 5.74) is 8.31. The number of halogens is 1. The molecule has 142 valence electrons. The van der Waals surface area contributed by atoms with Crippen LogP contribution in [0.1, 0.15) is 29.5 Å². The van der Waals surface area contributed by atoms with E-state index in [-0.39, 0.29) is 30.0 Å². The number of aliphatic imine (C=N–C) groups is 1. The predicted octanol–water partition coefficient (Wildman–Crippen LogP) is 4.28. The van der Waals surface area contributed by atoms with Crippen LogP contribution in [0.25, 0.3) is 10.2 Å². The standard InChI is InChI=1S/C20H22N4OS.HI/c21-20(24-15-11-13-25-17-8-3-1-6-14(15)17)22-12-5-10-19-23-16-7-2-4-9-18(16)26-19;/h1-4,6-9,15H,5,10-13H2,(H3,21,22,24);1H. The molecule has 2 heterocycles. The number of benzene rings is 2. The Labute approximate surface area is 180 Å². The number of nitrogens with zero attached hydrogens (tertiary/aromatic N) is 2. The number of hydrogen-bond donors (Lipinski definition) is 2. The summed E-state index contributed by atoms with van der Waals surface area (Å²) >= 11 is 1.76. The Morgan fingerprint density at radius 1 is 1.22 bits per heavy atom. The van der Waals surface area contributed by atoms with Gasteiger partial charge < -0.3 is 15.8 Å². The third kappa shape index (κ3) is 4.90. The van der Waals surface area contributed by atoms with Gasteiger partial charge in [-0.15, -0.1) is 35.3 Å². The van der Waals surface area contributed by atoms with Crippen molar-refractivity contribution in [1.82, 2.24) is 10.3 Å². The first kappa shape index (κ1) is 19.9. The van der Waals surface area contributed by atoms with Crippen LogP contribution >= 0.6 is 35.3 Å². The summed E-state index contributed by atoms with van der Waals surface area (Å²) in [5, 5.41) is 4.49. The van der Waals surface area contributed by atoms with Gasteiger partial charge in [-0.25, -0.2) is 4.98 Å². The molecule has 4 rings (SSSR count). The van der Waals surface area contributed by atoms with Gasteiger partial charge in [0.05, 0.1) is 27.9 Å². The van der Waals surface area contributed by atoms with Gasteiger partial charge in [-0.1, -0.05) is 30.3 Å². The number of hydrogen-bond acceptors (Lipinski definition) is 4. The number of guanidine groups is 1. The molecular weight excluding hydrogens is 471 g/mol. The van der Waals surface area contributed by atoms with Crippen molar-refractivity contribution in [2.75, 3.05) is 13.2 Å². The van der Waals surface area contributed by atoms with Crippen LogP contribution in [0.15, 0.2) is 53.5 Å². The number of aryl methyl sites for hydroxylation is 1. The van der Waals surface area contributed by atoms with Crippen molar-refractivity contribution >= 4 is 51.5 Å². The van der Waals surface area contributed by atoms with Gasteiger partial charge in [0.25, 0.3) is 0 Å². The molecule has 2 aromatic carbocycles. The fourth-order valence-electron chi connectivity index (χ4n) is 3.17. The number of nitrogens with one attached hydrogen (secondary N) is 1. The number of para-hydroxylation sites is 2. The van der Waals surface area contributed by atoms with Gasteiger partial charge in [0.15, 0.2) is 5.96 Å². The molecule has 0 spiro atoms. The third-order valence-corrected chi connectivity index (χ3v) is 5.55. The smallest absolute Gasteiger partial charge is 0.189 e. The summed E-state index contributed by atoms with van der Waals surface area (Å²) in [7, 11) is 0. The molecule has 3 aromatic rings. The van der Waals surface area contributed by atoms with E-state index in [1.165, 1.54) is 4.70 Å². The van der Waals surface area contributed by atoms with Crippen LogP contribution in [-0.2, 0) is 6.42 Å². The van der Waals surface area contributed by atoms with E-state index in [1.807, 2.05) is 24.3 Å². The minimum Gasteiger partial charge on any atom is -0.493 e. The lowest BCUT2D eigenvalue weighted by atomic mass is 10.0. The van der Waals surface area contributed by atoms with Crippen LogP contribution < -0.4 is 15.8 Å². The first-order valence-electron chi connectivity index (χ1n) is 8.92. The summed E-state index contributed by atoms with van der Waals surface area (Å²) in [6.07, 6.45) is 2.75. The zero-order valence-corrected chi connectivity index (χ0v) is 18.1. The topological polar surface area (TPSA) is 72.5 Å². The number of rotatable bonds is 5. The van der Waals surface area contributed by atoms with Crippen LogP contribution in [0.2, 0.25) is 0 Å². The minimum atomic E-state index is 0. The number of fused-ring (bicyclic) bond motifs is 2. The number of ether oxygens (including phenoxy) is 1. The van der Waals surface area contributed by atoms with Crippen LogP contribution in [0, 0.1) is 0 Å². The molecule has 7 heteroatoms. The second-order valence-corrected chi connectivity index (χ2v) is 7.43. The molecule has 27 heavy (non-hydrogen) atoms. The minimum absolute atomic E-state index is 0. The average Bonchev–Trinajstić information content (AvgIpc) is 3.08. The van der Waals surface area contributed by atoms with Gasteiger partial charge in [0.1, 0.15) is 5.75 Å². The summed E-state index contributed by atoms with van der Waals surface area (Å²) < 4.78 is 6.92. The highest BCUT2D eigenvalue weighted by Gasteiger charge is 2.21. The molecule has 1 aliphatic rings. The maximum Gasteiger partial charge on any atom is 0.189 e. The number of thiazole rings is 1. The van der Waals surface area contributed by atoms with Gasteiger partial charge in [0.2, 0.25) is 0 Å². The van der Waals surface area contributed by atoms with Gasteiger partial charge in [-0.2, -0.15) is 0 Å². The Balaban J connectivity index is 0.00000210. The van der Waals surface area contributed by atoms with Crippen molar-refractivity contribution in [1.29, 1.82) is 0 Å². The molecular formula is C20H23IN4OS. The third-order valence-electron chi connectivity index (χ3n) is 4.45. The Kier molecular flexibility index (Phi) is 6.89.